The molecule has 0 spiro atoms. The van der Waals surface area contributed by atoms with Crippen LogP contribution in [-0.4, -0.2) is 50.4 Å². The van der Waals surface area contributed by atoms with E-state index in [1.807, 2.05) is 20.8 Å². The third kappa shape index (κ3) is 8.52. The Hall–Kier alpha value is -2.98. The first-order chi connectivity index (χ1) is 19.1. The molecule has 1 atom stereocenters. The summed E-state index contributed by atoms with van der Waals surface area (Å²) in [5, 5.41) is 3.99. The van der Waals surface area contributed by atoms with E-state index in [1.165, 1.54) is 66.6 Å². The zero-order valence-electron chi connectivity index (χ0n) is 23.3. The smallest absolute Gasteiger partial charge is 0.264 e. The Bertz CT molecular complexity index is 1490. The molecule has 2 amide bonds. The Morgan fingerprint density at radius 2 is 1.51 bits per heavy atom. The molecule has 0 aliphatic heterocycles. The number of nitrogens with zero attached hydrogens (tertiary/aromatic N) is 2. The van der Waals surface area contributed by atoms with Crippen LogP contribution in [0.3, 0.4) is 0 Å². The summed E-state index contributed by atoms with van der Waals surface area (Å²) in [6.45, 7) is 6.38. The highest BCUT2D eigenvalue weighted by Gasteiger charge is 2.33. The van der Waals surface area contributed by atoms with Crippen molar-refractivity contribution in [2.75, 3.05) is 18.0 Å². The van der Waals surface area contributed by atoms with Crippen LogP contribution in [0.25, 0.3) is 0 Å². The molecule has 0 heterocycles. The molecule has 3 aromatic carbocycles. The van der Waals surface area contributed by atoms with Gasteiger partial charge < -0.3 is 15.0 Å². The first-order valence-electron chi connectivity index (χ1n) is 12.6. The van der Waals surface area contributed by atoms with Crippen LogP contribution in [0.2, 0.25) is 15.1 Å². The van der Waals surface area contributed by atoms with E-state index >= 15 is 0 Å². The zero-order chi connectivity index (χ0) is 30.5. The molecule has 0 saturated carbocycles. The van der Waals surface area contributed by atoms with Gasteiger partial charge in [-0.15, -0.1) is 0 Å². The average Bonchev–Trinajstić information content (AvgIpc) is 2.90. The second-order valence-corrected chi connectivity index (χ2v) is 13.5. The number of rotatable bonds is 10. The van der Waals surface area contributed by atoms with Crippen LogP contribution in [0.5, 0.6) is 5.75 Å². The molecule has 3 aromatic rings. The highest BCUT2D eigenvalue weighted by molar-refractivity contribution is 7.92. The Balaban J connectivity index is 2.05. The molecule has 0 saturated heterocycles. The van der Waals surface area contributed by atoms with Gasteiger partial charge in [-0.25, -0.2) is 8.42 Å². The van der Waals surface area contributed by atoms with Crippen molar-refractivity contribution in [2.45, 2.75) is 50.7 Å². The first kappa shape index (κ1) is 32.5. The largest absolute Gasteiger partial charge is 0.497 e. The molecule has 220 valence electrons. The van der Waals surface area contributed by atoms with Gasteiger partial charge in [0.2, 0.25) is 11.8 Å². The van der Waals surface area contributed by atoms with Gasteiger partial charge in [-0.3, -0.25) is 13.9 Å². The monoisotopic (exact) mass is 639 g/mol. The summed E-state index contributed by atoms with van der Waals surface area (Å²) in [5.41, 5.74) is 0.191. The molecule has 8 nitrogen and oxygen atoms in total. The Kier molecular flexibility index (Phi) is 10.6. The fraction of sp³-hybridized carbons (Fsp3) is 0.310. The summed E-state index contributed by atoms with van der Waals surface area (Å²) >= 11 is 18.5. The maximum Gasteiger partial charge on any atom is 0.264 e. The quantitative estimate of drug-likeness (QED) is 0.286. The number of methoxy groups -OCH3 is 1. The van der Waals surface area contributed by atoms with Crippen molar-refractivity contribution in [2.24, 2.45) is 0 Å². The molecule has 0 aliphatic rings. The number of hydrogen-bond acceptors (Lipinski definition) is 5. The van der Waals surface area contributed by atoms with Gasteiger partial charge >= 0.3 is 0 Å². The van der Waals surface area contributed by atoms with Crippen molar-refractivity contribution < 1.29 is 22.7 Å². The van der Waals surface area contributed by atoms with E-state index < -0.39 is 40.0 Å². The van der Waals surface area contributed by atoms with Gasteiger partial charge in [0.1, 0.15) is 18.3 Å². The van der Waals surface area contributed by atoms with Gasteiger partial charge in [0, 0.05) is 27.2 Å². The topological polar surface area (TPSA) is 96.0 Å². The van der Waals surface area contributed by atoms with Gasteiger partial charge in [-0.1, -0.05) is 40.9 Å². The number of carbonyl (C=O) groups excluding carboxylic acids is 2. The molecule has 0 radical (unpaired) electrons. The van der Waals surface area contributed by atoms with E-state index in [2.05, 4.69) is 5.32 Å². The minimum absolute atomic E-state index is 0.0492. The number of anilines is 1. The number of amides is 2. The molecule has 1 N–H and O–H groups in total. The summed E-state index contributed by atoms with van der Waals surface area (Å²) in [5.74, 6) is -0.561. The fourth-order valence-corrected chi connectivity index (χ4v) is 5.91. The number of ether oxygens (including phenoxy) is 1. The van der Waals surface area contributed by atoms with Crippen LogP contribution in [0.4, 0.5) is 5.69 Å². The molecule has 12 heteroatoms. The molecule has 0 aliphatic carbocycles. The van der Waals surface area contributed by atoms with Gasteiger partial charge in [-0.2, -0.15) is 0 Å². The molecule has 41 heavy (non-hydrogen) atoms. The highest BCUT2D eigenvalue weighted by Crippen LogP contribution is 2.28. The van der Waals surface area contributed by atoms with E-state index in [0.29, 0.717) is 26.4 Å². The minimum atomic E-state index is -4.24. The van der Waals surface area contributed by atoms with Crippen LogP contribution in [0.1, 0.15) is 33.3 Å². The zero-order valence-corrected chi connectivity index (χ0v) is 26.4. The van der Waals surface area contributed by atoms with Crippen molar-refractivity contribution in [1.29, 1.82) is 0 Å². The number of hydrogen-bond donors (Lipinski definition) is 1. The lowest BCUT2D eigenvalue weighted by Crippen LogP contribution is -2.54. The number of carbonyl (C=O) groups is 2. The summed E-state index contributed by atoms with van der Waals surface area (Å²) < 4.78 is 33.9. The number of benzene rings is 3. The van der Waals surface area contributed by atoms with E-state index in [0.717, 1.165) is 4.31 Å². The molecule has 0 bridgehead atoms. The summed E-state index contributed by atoms with van der Waals surface area (Å²) in [4.78, 5) is 28.4. The Labute approximate surface area is 256 Å². The number of sulfonamides is 1. The normalized spacial score (nSPS) is 12.4. The fourth-order valence-electron chi connectivity index (χ4n) is 3.90. The van der Waals surface area contributed by atoms with Crippen molar-refractivity contribution >= 4 is 62.3 Å². The van der Waals surface area contributed by atoms with E-state index in [9.17, 15) is 18.0 Å². The van der Waals surface area contributed by atoms with Crippen LogP contribution < -0.4 is 14.4 Å². The Morgan fingerprint density at radius 1 is 0.927 bits per heavy atom. The van der Waals surface area contributed by atoms with Crippen molar-refractivity contribution in [3.05, 3.63) is 87.4 Å². The molecular formula is C29H32Cl3N3O5S. The maximum absolute atomic E-state index is 14.0. The SMILES string of the molecule is COc1ccc(S(=O)(=O)N(CC(=O)N(Cc2ccc(Cl)cc2Cl)[C@@H](C)C(=O)NC(C)(C)C)c2ccc(Cl)cc2)cc1. The number of halogens is 3. The Morgan fingerprint density at radius 3 is 2.05 bits per heavy atom. The highest BCUT2D eigenvalue weighted by atomic mass is 35.5. The van der Waals surface area contributed by atoms with Crippen molar-refractivity contribution in [3.63, 3.8) is 0 Å². The lowest BCUT2D eigenvalue weighted by atomic mass is 10.1. The van der Waals surface area contributed by atoms with Crippen LogP contribution in [-0.2, 0) is 26.2 Å². The van der Waals surface area contributed by atoms with Crippen molar-refractivity contribution in [3.8, 4) is 5.75 Å². The first-order valence-corrected chi connectivity index (χ1v) is 15.2. The third-order valence-corrected chi connectivity index (χ3v) is 8.69. The van der Waals surface area contributed by atoms with Crippen LogP contribution in [0, 0.1) is 0 Å². The summed E-state index contributed by atoms with van der Waals surface area (Å²) in [6, 6.07) is 15.7. The van der Waals surface area contributed by atoms with E-state index in [4.69, 9.17) is 39.5 Å². The predicted molar refractivity (Wildman–Crippen MR) is 163 cm³/mol. The lowest BCUT2D eigenvalue weighted by molar-refractivity contribution is -0.140. The molecule has 0 fully saturated rings. The maximum atomic E-state index is 14.0. The third-order valence-electron chi connectivity index (χ3n) is 6.06. The summed E-state index contributed by atoms with van der Waals surface area (Å²) in [6.07, 6.45) is 0. The second kappa shape index (κ2) is 13.3. The standard InChI is InChI=1S/C29H32Cl3N3O5S/c1-19(28(37)33-29(2,3)4)34(17-20-6-7-22(31)16-26(20)32)27(36)18-35(23-10-8-21(30)9-11-23)41(38,39)25-14-12-24(40-5)13-15-25/h6-16,19H,17-18H2,1-5H3,(H,33,37)/t19-/m0/s1. The van der Waals surface area contributed by atoms with Gasteiger partial charge in [0.25, 0.3) is 10.0 Å². The summed E-state index contributed by atoms with van der Waals surface area (Å²) in [7, 11) is -2.77. The van der Waals surface area contributed by atoms with Crippen LogP contribution in [0.15, 0.2) is 71.6 Å². The second-order valence-electron chi connectivity index (χ2n) is 10.3. The number of nitrogens with one attached hydrogen (secondary N) is 1. The predicted octanol–water partition coefficient (Wildman–Crippen LogP) is 6.18. The molecule has 3 rings (SSSR count). The lowest BCUT2D eigenvalue weighted by Gasteiger charge is -2.33. The van der Waals surface area contributed by atoms with E-state index in [1.54, 1.807) is 19.1 Å². The average molecular weight is 641 g/mol. The minimum Gasteiger partial charge on any atom is -0.497 e. The van der Waals surface area contributed by atoms with Gasteiger partial charge in [0.15, 0.2) is 0 Å². The van der Waals surface area contributed by atoms with E-state index in [-0.39, 0.29) is 17.1 Å². The molecule has 0 aromatic heterocycles. The molecular weight excluding hydrogens is 609 g/mol. The van der Waals surface area contributed by atoms with Gasteiger partial charge in [0.05, 0.1) is 17.7 Å². The van der Waals surface area contributed by atoms with Crippen LogP contribution >= 0.6 is 34.8 Å². The van der Waals surface area contributed by atoms with Crippen molar-refractivity contribution in [1.82, 2.24) is 10.2 Å². The molecule has 0 unspecified atom stereocenters. The van der Waals surface area contributed by atoms with Gasteiger partial charge in [-0.05, 0) is 93.9 Å².